The average Bonchev–Trinajstić information content (AvgIpc) is 3.41. The highest BCUT2D eigenvalue weighted by molar-refractivity contribution is 9.11. The second-order valence-electron chi connectivity index (χ2n) is 14.5. The van der Waals surface area contributed by atoms with Gasteiger partial charge in [0.1, 0.15) is 39.4 Å². The van der Waals surface area contributed by atoms with Gasteiger partial charge in [-0.25, -0.2) is 22.9 Å². The number of thiophene rings is 1. The largest absolute Gasteiger partial charge is 0.497 e. The maximum Gasteiger partial charge on any atom is 0.405 e. The first-order valence-corrected chi connectivity index (χ1v) is 20.3. The van der Waals surface area contributed by atoms with Crippen molar-refractivity contribution in [3.05, 3.63) is 83.2 Å². The summed E-state index contributed by atoms with van der Waals surface area (Å²) in [5.41, 5.74) is -0.559. The van der Waals surface area contributed by atoms with Crippen LogP contribution in [0.2, 0.25) is 0 Å². The van der Waals surface area contributed by atoms with Gasteiger partial charge in [-0.1, -0.05) is 57.2 Å². The number of carbonyl (C=O) groups is 4. The lowest BCUT2D eigenvalue weighted by atomic mass is 9.85. The summed E-state index contributed by atoms with van der Waals surface area (Å²) in [6.45, 7) is 8.72. The maximum absolute atomic E-state index is 14.3. The summed E-state index contributed by atoms with van der Waals surface area (Å²) in [4.78, 5) is 60.3. The molecule has 0 radical (unpaired) electrons. The quantitative estimate of drug-likeness (QED) is 0.135. The van der Waals surface area contributed by atoms with Crippen LogP contribution in [0, 0.1) is 11.3 Å². The molecule has 14 nitrogen and oxygen atoms in total. The number of benzene rings is 2. The third-order valence-corrected chi connectivity index (χ3v) is 13.1. The molecule has 5 unspecified atom stereocenters. The van der Waals surface area contributed by atoms with Crippen LogP contribution in [-0.2, 0) is 24.4 Å². The summed E-state index contributed by atoms with van der Waals surface area (Å²) in [5, 5.41) is 15.4. The van der Waals surface area contributed by atoms with Crippen LogP contribution in [0.3, 0.4) is 0 Å². The Hall–Kier alpha value is -5.00. The number of likely N-dealkylation sites (tertiary alicyclic amines) is 1. The van der Waals surface area contributed by atoms with Crippen molar-refractivity contribution in [2.75, 3.05) is 13.7 Å². The van der Waals surface area contributed by atoms with Crippen LogP contribution in [0.1, 0.15) is 33.6 Å². The van der Waals surface area contributed by atoms with Crippen LogP contribution in [0.5, 0.6) is 11.5 Å². The molecule has 17 heteroatoms. The van der Waals surface area contributed by atoms with Gasteiger partial charge in [-0.2, -0.15) is 0 Å². The molecule has 2 aliphatic rings. The van der Waals surface area contributed by atoms with E-state index in [2.05, 4.69) is 37.9 Å². The summed E-state index contributed by atoms with van der Waals surface area (Å²) in [7, 11) is -2.73. The number of methoxy groups -OCH3 is 1. The number of hydrogen-bond donors (Lipinski definition) is 4. The van der Waals surface area contributed by atoms with Gasteiger partial charge >= 0.3 is 6.09 Å². The van der Waals surface area contributed by atoms with Crippen LogP contribution in [-0.4, -0.2) is 84.6 Å². The lowest BCUT2D eigenvalue weighted by molar-refractivity contribution is -0.142. The van der Waals surface area contributed by atoms with Gasteiger partial charge in [0, 0.05) is 35.4 Å². The zero-order valence-electron chi connectivity index (χ0n) is 30.4. The topological polar surface area (TPSA) is 193 Å². The number of ether oxygens (including phenoxy) is 2. The highest BCUT2D eigenvalue weighted by Crippen LogP contribution is 2.45. The minimum absolute atomic E-state index is 0.0415. The predicted molar refractivity (Wildman–Crippen MR) is 209 cm³/mol. The number of nitrogens with one attached hydrogen (secondary N) is 3. The van der Waals surface area contributed by atoms with Crippen molar-refractivity contribution in [3.8, 4) is 22.8 Å². The highest BCUT2D eigenvalue weighted by Gasteiger charge is 2.61. The van der Waals surface area contributed by atoms with Crippen molar-refractivity contribution in [2.24, 2.45) is 11.3 Å². The van der Waals surface area contributed by atoms with Gasteiger partial charge < -0.3 is 30.1 Å². The second-order valence-corrected chi connectivity index (χ2v) is 18.9. The molecule has 1 aliphatic carbocycles. The van der Waals surface area contributed by atoms with E-state index in [1.165, 1.54) is 23.1 Å². The standard InChI is InChI=1S/C38H40BrN5O9S2/c1-6-22-19-38(22,35(47)43-55(50,51)31-15-14-30(39)54-31)42-33(45)28-17-24(20-44(28)34(46)32(37(2,3)4)41-36(48)49)53-29-18-26(21-10-8-7-9-11-21)40-27-16-23(52-5)12-13-25(27)29/h6-16,18,22,24,28,32,41H,1,17,19-20H2,2-5H3,(H,42,45)(H,43,47)(H,48,49). The van der Waals surface area contributed by atoms with Crippen LogP contribution in [0.25, 0.3) is 22.2 Å². The van der Waals surface area contributed by atoms with E-state index in [1.807, 2.05) is 30.3 Å². The van der Waals surface area contributed by atoms with Gasteiger partial charge in [0.25, 0.3) is 15.9 Å². The summed E-state index contributed by atoms with van der Waals surface area (Å²) in [5.74, 6) is -1.96. The van der Waals surface area contributed by atoms with E-state index in [0.717, 1.165) is 16.9 Å². The number of pyridine rings is 1. The van der Waals surface area contributed by atoms with E-state index in [1.54, 1.807) is 52.1 Å². The van der Waals surface area contributed by atoms with E-state index >= 15 is 0 Å². The number of amides is 4. The summed E-state index contributed by atoms with van der Waals surface area (Å²) < 4.78 is 40.8. The molecule has 2 fully saturated rings. The summed E-state index contributed by atoms with van der Waals surface area (Å²) in [6.07, 6.45) is -0.718. The molecular formula is C38H40BrN5O9S2. The number of fused-ring (bicyclic) bond motifs is 1. The lowest BCUT2D eigenvalue weighted by Gasteiger charge is -2.35. The number of nitrogens with zero attached hydrogens (tertiary/aromatic N) is 2. The third kappa shape index (κ3) is 8.33. The number of carboxylic acid groups (broad SMARTS) is 1. The molecule has 5 atom stereocenters. The Morgan fingerprint density at radius 1 is 1.11 bits per heavy atom. The molecule has 1 saturated heterocycles. The fourth-order valence-corrected chi connectivity index (χ4v) is 9.74. The minimum atomic E-state index is -4.28. The number of aromatic nitrogens is 1. The predicted octanol–water partition coefficient (Wildman–Crippen LogP) is 5.33. The second kappa shape index (κ2) is 15.3. The van der Waals surface area contributed by atoms with Crippen molar-refractivity contribution in [1.82, 2.24) is 25.2 Å². The highest BCUT2D eigenvalue weighted by atomic mass is 79.9. The normalized spacial score (nSPS) is 21.3. The minimum Gasteiger partial charge on any atom is -0.497 e. The van der Waals surface area contributed by atoms with E-state index < -0.39 is 68.9 Å². The van der Waals surface area contributed by atoms with E-state index in [0.29, 0.717) is 31.9 Å². The molecule has 2 aromatic heterocycles. The molecule has 2 aromatic carbocycles. The molecule has 1 saturated carbocycles. The Kier molecular flexibility index (Phi) is 11.0. The lowest BCUT2D eigenvalue weighted by Crippen LogP contribution is -2.60. The molecule has 55 heavy (non-hydrogen) atoms. The molecule has 1 aliphatic heterocycles. The van der Waals surface area contributed by atoms with Crippen molar-refractivity contribution in [2.45, 2.75) is 61.5 Å². The molecule has 6 rings (SSSR count). The number of carbonyl (C=O) groups excluding carboxylic acids is 3. The van der Waals surface area contributed by atoms with E-state index in [-0.39, 0.29) is 23.6 Å². The zero-order valence-corrected chi connectivity index (χ0v) is 33.6. The van der Waals surface area contributed by atoms with E-state index in [9.17, 15) is 32.7 Å². The molecule has 0 spiro atoms. The van der Waals surface area contributed by atoms with Gasteiger partial charge in [-0.3, -0.25) is 14.4 Å². The monoisotopic (exact) mass is 853 g/mol. The Balaban J connectivity index is 1.34. The molecule has 4 N–H and O–H groups in total. The smallest absolute Gasteiger partial charge is 0.405 e. The van der Waals surface area contributed by atoms with Crippen molar-refractivity contribution < 1.29 is 42.2 Å². The zero-order chi connectivity index (χ0) is 39.9. The van der Waals surface area contributed by atoms with Crippen molar-refractivity contribution in [3.63, 3.8) is 0 Å². The first kappa shape index (κ1) is 39.7. The average molecular weight is 855 g/mol. The van der Waals surface area contributed by atoms with Crippen molar-refractivity contribution in [1.29, 1.82) is 0 Å². The summed E-state index contributed by atoms with van der Waals surface area (Å²) >= 11 is 4.14. The summed E-state index contributed by atoms with van der Waals surface area (Å²) in [6, 6.07) is 17.0. The molecule has 4 amide bonds. The Labute approximate surface area is 330 Å². The van der Waals surface area contributed by atoms with Gasteiger partial charge in [0.2, 0.25) is 11.8 Å². The number of rotatable bonds is 12. The fourth-order valence-electron chi connectivity index (χ4n) is 6.69. The number of sulfonamides is 1. The number of halogens is 1. The Morgan fingerprint density at radius 2 is 1.84 bits per heavy atom. The van der Waals surface area contributed by atoms with E-state index in [4.69, 9.17) is 14.5 Å². The molecule has 0 bridgehead atoms. The van der Waals surface area contributed by atoms with Gasteiger partial charge in [0.15, 0.2) is 0 Å². The molecule has 4 aromatic rings. The Bertz CT molecular complexity index is 2280. The SMILES string of the molecule is C=CC1CC1(NC(=O)C1CC(Oc2cc(-c3ccccc3)nc3cc(OC)ccc23)CN1C(=O)C(NC(=O)O)C(C)(C)C)C(=O)NS(=O)(=O)c1ccc(Br)s1. The molecular weight excluding hydrogens is 814 g/mol. The van der Waals surface area contributed by atoms with Gasteiger partial charge in [0.05, 0.1) is 28.7 Å². The maximum atomic E-state index is 14.3. The fraction of sp³-hybridized carbons (Fsp3) is 0.342. The van der Waals surface area contributed by atoms with Gasteiger partial charge in [-0.15, -0.1) is 17.9 Å². The van der Waals surface area contributed by atoms with Crippen LogP contribution < -0.4 is 24.8 Å². The van der Waals surface area contributed by atoms with Crippen molar-refractivity contribution >= 4 is 72.0 Å². The number of hydrogen-bond acceptors (Lipinski definition) is 10. The molecule has 3 heterocycles. The Morgan fingerprint density at radius 3 is 2.44 bits per heavy atom. The van der Waals surface area contributed by atoms with Crippen LogP contribution in [0.15, 0.2) is 87.4 Å². The van der Waals surface area contributed by atoms with Crippen LogP contribution >= 0.6 is 27.3 Å². The van der Waals surface area contributed by atoms with Gasteiger partial charge in [-0.05, 0) is 52.0 Å². The first-order valence-electron chi connectivity index (χ1n) is 17.2. The first-order chi connectivity index (χ1) is 25.9. The molecule has 290 valence electrons. The third-order valence-electron chi connectivity index (χ3n) is 9.66. The van der Waals surface area contributed by atoms with Crippen LogP contribution in [0.4, 0.5) is 4.79 Å².